The molecule has 0 radical (unpaired) electrons. The molecule has 3 aliphatic rings. The van der Waals surface area contributed by atoms with Gasteiger partial charge in [0.2, 0.25) is 6.79 Å². The van der Waals surface area contributed by atoms with Crippen LogP contribution in [-0.4, -0.2) is 28.5 Å². The smallest absolute Gasteiger partial charge is 0.338 e. The largest absolute Gasteiger partial charge is 0.463 e. The van der Waals surface area contributed by atoms with Crippen LogP contribution in [0.5, 0.6) is 11.5 Å². The van der Waals surface area contributed by atoms with Crippen molar-refractivity contribution in [2.45, 2.75) is 72.3 Å². The monoisotopic (exact) mass is 654 g/mol. The molecule has 3 aromatic heterocycles. The number of hydrogen-bond donors (Lipinski definition) is 0. The third kappa shape index (κ3) is 4.91. The molecule has 0 unspecified atom stereocenters. The predicted molar refractivity (Wildman–Crippen MR) is 177 cm³/mol. The van der Waals surface area contributed by atoms with Gasteiger partial charge < -0.3 is 18.8 Å². The summed E-state index contributed by atoms with van der Waals surface area (Å²) < 4.78 is 21.0. The third-order valence-corrected chi connectivity index (χ3v) is 11.1. The number of fused-ring (bicyclic) bond motifs is 3. The number of rotatable bonds is 7. The Kier molecular flexibility index (Phi) is 7.95. The molecule has 1 aromatic carbocycles. The molecule has 0 saturated heterocycles. The molecule has 0 amide bonds. The van der Waals surface area contributed by atoms with Gasteiger partial charge in [0, 0.05) is 16.3 Å². The number of aryl methyl sites for hydroxylation is 2. The SMILES string of the molecule is CCCC1=C(C(=O)OCC)[C@@H](c2ccc3c(c2)OCO3)n2c(s/c(=C/c3cc(C)n(-c4sc5c(c4C#N)CCCC5)c3C)c2=O)=N1. The first-order chi connectivity index (χ1) is 22.3. The molecule has 4 aromatic rings. The first kappa shape index (κ1) is 30.3. The number of nitrogens with zero attached hydrogens (tertiary/aromatic N) is 4. The normalized spacial score (nSPS) is 17.0. The van der Waals surface area contributed by atoms with Gasteiger partial charge in [-0.2, -0.15) is 5.26 Å². The van der Waals surface area contributed by atoms with Crippen molar-refractivity contribution < 1.29 is 19.0 Å². The molecular weight excluding hydrogens is 621 g/mol. The first-order valence-electron chi connectivity index (χ1n) is 15.7. The van der Waals surface area contributed by atoms with E-state index in [1.54, 1.807) is 22.8 Å². The highest BCUT2D eigenvalue weighted by molar-refractivity contribution is 7.15. The number of carbonyl (C=O) groups excluding carboxylic acids is 1. The van der Waals surface area contributed by atoms with Gasteiger partial charge in [-0.1, -0.05) is 30.7 Å². The van der Waals surface area contributed by atoms with Crippen LogP contribution in [0.2, 0.25) is 0 Å². The summed E-state index contributed by atoms with van der Waals surface area (Å²) in [5.74, 6) is 0.701. The van der Waals surface area contributed by atoms with E-state index in [4.69, 9.17) is 19.2 Å². The molecule has 1 atom stereocenters. The molecule has 11 heteroatoms. The number of allylic oxidation sites excluding steroid dienone is 1. The minimum absolute atomic E-state index is 0.117. The Balaban J connectivity index is 1.40. The van der Waals surface area contributed by atoms with Crippen LogP contribution in [-0.2, 0) is 22.4 Å². The van der Waals surface area contributed by atoms with Crippen molar-refractivity contribution in [3.63, 3.8) is 0 Å². The number of thiophene rings is 1. The van der Waals surface area contributed by atoms with Crippen molar-refractivity contribution >= 4 is 34.7 Å². The van der Waals surface area contributed by atoms with Crippen LogP contribution in [0, 0.1) is 25.2 Å². The molecule has 2 aliphatic heterocycles. The number of ether oxygens (including phenoxy) is 3. The van der Waals surface area contributed by atoms with Gasteiger partial charge >= 0.3 is 5.97 Å². The number of esters is 1. The van der Waals surface area contributed by atoms with Gasteiger partial charge in [0.1, 0.15) is 11.1 Å². The highest BCUT2D eigenvalue weighted by Gasteiger charge is 2.35. The lowest BCUT2D eigenvalue weighted by atomic mass is 9.94. The van der Waals surface area contributed by atoms with E-state index in [1.807, 2.05) is 45.0 Å². The van der Waals surface area contributed by atoms with Gasteiger partial charge in [-0.25, -0.2) is 9.79 Å². The molecule has 9 nitrogen and oxygen atoms in total. The zero-order valence-corrected chi connectivity index (χ0v) is 27.9. The molecule has 1 aliphatic carbocycles. The summed E-state index contributed by atoms with van der Waals surface area (Å²) in [7, 11) is 0. The molecule has 236 valence electrons. The number of aromatic nitrogens is 2. The lowest BCUT2D eigenvalue weighted by Gasteiger charge is -2.25. The molecule has 5 heterocycles. The fourth-order valence-electron chi connectivity index (χ4n) is 6.73. The Morgan fingerprint density at radius 3 is 2.74 bits per heavy atom. The second-order valence-corrected chi connectivity index (χ2v) is 13.8. The van der Waals surface area contributed by atoms with Crippen LogP contribution in [0.15, 0.2) is 45.3 Å². The van der Waals surface area contributed by atoms with Crippen LogP contribution in [0.4, 0.5) is 0 Å². The van der Waals surface area contributed by atoms with Crippen molar-refractivity contribution in [3.8, 4) is 22.6 Å². The quantitative estimate of drug-likeness (QED) is 0.243. The van der Waals surface area contributed by atoms with Gasteiger partial charge in [-0.3, -0.25) is 9.36 Å². The van der Waals surface area contributed by atoms with E-state index in [2.05, 4.69) is 16.7 Å². The van der Waals surface area contributed by atoms with Crippen LogP contribution in [0.3, 0.4) is 0 Å². The minimum Gasteiger partial charge on any atom is -0.463 e. The Bertz CT molecular complexity index is 2160. The Hall–Kier alpha value is -4.40. The summed E-state index contributed by atoms with van der Waals surface area (Å²) in [6.45, 7) is 8.19. The molecule has 0 saturated carbocycles. The maximum absolute atomic E-state index is 14.3. The van der Waals surface area contributed by atoms with Gasteiger partial charge in [-0.05, 0) is 93.8 Å². The topological polar surface area (TPSA) is 108 Å². The van der Waals surface area contributed by atoms with Crippen molar-refractivity contribution in [2.24, 2.45) is 4.99 Å². The fourth-order valence-corrected chi connectivity index (χ4v) is 9.19. The van der Waals surface area contributed by atoms with Gasteiger partial charge in [0.05, 0.1) is 34.0 Å². The first-order valence-corrected chi connectivity index (χ1v) is 17.3. The van der Waals surface area contributed by atoms with Crippen molar-refractivity contribution in [2.75, 3.05) is 13.4 Å². The molecule has 0 fully saturated rings. The van der Waals surface area contributed by atoms with Crippen molar-refractivity contribution in [1.29, 1.82) is 5.26 Å². The summed E-state index contributed by atoms with van der Waals surface area (Å²) in [6, 6.07) is 9.32. The standard InChI is InChI=1S/C35H34N4O5S2/c1-5-9-25-30(34(41)42-6-2)31(21-12-13-26-27(15-21)44-18-43-26)39-32(40)29(46-35(39)37-25)16-22-14-19(3)38(20(22)4)33-24(17-36)23-10-7-8-11-28(23)45-33/h12-16,31H,5-11,18H2,1-4H3/b29-16+/t31-/m1/s1. The molecule has 0 bridgehead atoms. The van der Waals surface area contributed by atoms with E-state index in [-0.39, 0.29) is 19.0 Å². The minimum atomic E-state index is -0.739. The van der Waals surface area contributed by atoms with E-state index < -0.39 is 12.0 Å². The lowest BCUT2D eigenvalue weighted by Crippen LogP contribution is -2.40. The number of carbonyl (C=O) groups is 1. The zero-order valence-electron chi connectivity index (χ0n) is 26.3. The Morgan fingerprint density at radius 1 is 1.15 bits per heavy atom. The average molecular weight is 655 g/mol. The van der Waals surface area contributed by atoms with Crippen LogP contribution < -0.4 is 24.4 Å². The summed E-state index contributed by atoms with van der Waals surface area (Å²) in [5.41, 5.74) is 6.29. The van der Waals surface area contributed by atoms with Crippen LogP contribution in [0.25, 0.3) is 11.1 Å². The molecule has 46 heavy (non-hydrogen) atoms. The highest BCUT2D eigenvalue weighted by Crippen LogP contribution is 2.40. The number of hydrogen-bond acceptors (Lipinski definition) is 9. The van der Waals surface area contributed by atoms with Crippen molar-refractivity contribution in [1.82, 2.24) is 9.13 Å². The van der Waals surface area contributed by atoms with E-state index in [1.165, 1.54) is 21.8 Å². The summed E-state index contributed by atoms with van der Waals surface area (Å²) in [6.07, 6.45) is 7.46. The molecule has 0 spiro atoms. The number of thiazole rings is 1. The Morgan fingerprint density at radius 2 is 1.96 bits per heavy atom. The lowest BCUT2D eigenvalue weighted by molar-refractivity contribution is -0.139. The second-order valence-electron chi connectivity index (χ2n) is 11.7. The van der Waals surface area contributed by atoms with E-state index in [0.717, 1.165) is 59.6 Å². The maximum atomic E-state index is 14.3. The number of nitriles is 1. The number of benzene rings is 1. The van der Waals surface area contributed by atoms with E-state index in [0.29, 0.717) is 44.1 Å². The second kappa shape index (κ2) is 12.1. The van der Waals surface area contributed by atoms with Gasteiger partial charge in [-0.15, -0.1) is 11.3 Å². The molecular formula is C35H34N4O5S2. The van der Waals surface area contributed by atoms with Gasteiger partial charge in [0.15, 0.2) is 16.3 Å². The van der Waals surface area contributed by atoms with Crippen LogP contribution >= 0.6 is 22.7 Å². The van der Waals surface area contributed by atoms with Gasteiger partial charge in [0.25, 0.3) is 5.56 Å². The third-order valence-electron chi connectivity index (χ3n) is 8.83. The molecule has 0 N–H and O–H groups in total. The zero-order chi connectivity index (χ0) is 32.1. The van der Waals surface area contributed by atoms with E-state index in [9.17, 15) is 14.9 Å². The van der Waals surface area contributed by atoms with Crippen LogP contribution in [0.1, 0.15) is 84.1 Å². The summed E-state index contributed by atoms with van der Waals surface area (Å²) in [5, 5.41) is 11.1. The summed E-state index contributed by atoms with van der Waals surface area (Å²) >= 11 is 3.02. The maximum Gasteiger partial charge on any atom is 0.338 e. The Labute approximate surface area is 274 Å². The predicted octanol–water partition coefficient (Wildman–Crippen LogP) is 5.53. The molecule has 7 rings (SSSR count). The highest BCUT2D eigenvalue weighted by atomic mass is 32.1. The van der Waals surface area contributed by atoms with E-state index >= 15 is 0 Å². The fraction of sp³-hybridized carbons (Fsp3) is 0.371. The van der Waals surface area contributed by atoms with Crippen molar-refractivity contribution in [3.05, 3.63) is 93.7 Å². The average Bonchev–Trinajstić information content (AvgIpc) is 3.80. The summed E-state index contributed by atoms with van der Waals surface area (Å²) in [4.78, 5) is 34.6.